The van der Waals surface area contributed by atoms with Crippen LogP contribution in [0.1, 0.15) is 16.7 Å². The smallest absolute Gasteiger partial charge is 0.305 e. The molecule has 0 N–H and O–H groups in total. The van der Waals surface area contributed by atoms with Crippen molar-refractivity contribution in [1.82, 2.24) is 0 Å². The molecule has 2 aliphatic heterocycles. The standard InChI is InChI=1S/C28H17NO3/c30-18-24-27(22-13-7-8-14-23(22)29-24)19-15-16-25-26(17-19)32-28(31-25,20-9-3-1-4-10-20)21-11-5-2-6-12-21/h1-17H. The third kappa shape index (κ3) is 2.71. The number of ether oxygens (including phenoxy) is 2. The van der Waals surface area contributed by atoms with Gasteiger partial charge in [0.1, 0.15) is 0 Å². The molecular weight excluding hydrogens is 398 g/mol. The zero-order chi connectivity index (χ0) is 21.5. The fourth-order valence-corrected chi connectivity index (χ4v) is 4.33. The SMILES string of the molecule is O=C=C1N=c2ccccc2=C1c1ccc2c(c1)OC(c1ccccc1)(c1ccccc1)O2. The minimum Gasteiger partial charge on any atom is -0.440 e. The fraction of sp³-hybridized carbons (Fsp3) is 0.0357. The van der Waals surface area contributed by atoms with E-state index in [2.05, 4.69) is 4.99 Å². The molecule has 4 nitrogen and oxygen atoms in total. The summed E-state index contributed by atoms with van der Waals surface area (Å²) < 4.78 is 13.0. The molecule has 0 aromatic heterocycles. The summed E-state index contributed by atoms with van der Waals surface area (Å²) >= 11 is 0. The highest BCUT2D eigenvalue weighted by Crippen LogP contribution is 2.48. The van der Waals surface area contributed by atoms with Crippen molar-refractivity contribution in [1.29, 1.82) is 0 Å². The molecule has 0 unspecified atom stereocenters. The highest BCUT2D eigenvalue weighted by atomic mass is 16.7. The second-order valence-corrected chi connectivity index (χ2v) is 7.67. The molecule has 0 radical (unpaired) electrons. The number of hydrogen-bond acceptors (Lipinski definition) is 4. The molecule has 152 valence electrons. The van der Waals surface area contributed by atoms with Gasteiger partial charge in [-0.3, -0.25) is 0 Å². The lowest BCUT2D eigenvalue weighted by molar-refractivity contribution is -0.0459. The van der Waals surface area contributed by atoms with Crippen molar-refractivity contribution >= 4 is 11.5 Å². The summed E-state index contributed by atoms with van der Waals surface area (Å²) in [4.78, 5) is 16.1. The van der Waals surface area contributed by atoms with Gasteiger partial charge in [-0.25, -0.2) is 9.79 Å². The van der Waals surface area contributed by atoms with Gasteiger partial charge in [0.2, 0.25) is 0 Å². The predicted molar refractivity (Wildman–Crippen MR) is 120 cm³/mol. The van der Waals surface area contributed by atoms with Gasteiger partial charge in [0.25, 0.3) is 0 Å². The Balaban J connectivity index is 1.51. The average Bonchev–Trinajstić information content (AvgIpc) is 3.44. The maximum absolute atomic E-state index is 11.6. The van der Waals surface area contributed by atoms with Crippen LogP contribution in [0.15, 0.2) is 114 Å². The molecule has 4 aromatic carbocycles. The van der Waals surface area contributed by atoms with Crippen LogP contribution in [0.2, 0.25) is 0 Å². The lowest BCUT2D eigenvalue weighted by atomic mass is 9.97. The van der Waals surface area contributed by atoms with Crippen molar-refractivity contribution < 1.29 is 14.3 Å². The third-order valence-electron chi connectivity index (χ3n) is 5.79. The summed E-state index contributed by atoms with van der Waals surface area (Å²) in [5.41, 5.74) is 3.66. The van der Waals surface area contributed by atoms with E-state index in [-0.39, 0.29) is 0 Å². The Morgan fingerprint density at radius 3 is 2.00 bits per heavy atom. The summed E-state index contributed by atoms with van der Waals surface area (Å²) in [5, 5.41) is 1.67. The van der Waals surface area contributed by atoms with Crippen LogP contribution in [0.4, 0.5) is 0 Å². The normalized spacial score (nSPS) is 15.1. The molecule has 0 fully saturated rings. The van der Waals surface area contributed by atoms with E-state index in [9.17, 15) is 4.79 Å². The van der Waals surface area contributed by atoms with Crippen molar-refractivity contribution in [3.63, 3.8) is 0 Å². The van der Waals surface area contributed by atoms with E-state index in [1.807, 2.05) is 109 Å². The maximum atomic E-state index is 11.6. The van der Waals surface area contributed by atoms with E-state index < -0.39 is 5.79 Å². The van der Waals surface area contributed by atoms with Crippen molar-refractivity contribution in [2.24, 2.45) is 4.99 Å². The van der Waals surface area contributed by atoms with Gasteiger partial charge in [0, 0.05) is 21.9 Å². The molecule has 6 rings (SSSR count). The molecule has 4 heteroatoms. The Kier molecular flexibility index (Phi) is 4.07. The first kappa shape index (κ1) is 18.4. The van der Waals surface area contributed by atoms with E-state index in [0.717, 1.165) is 32.8 Å². The maximum Gasteiger partial charge on any atom is 0.305 e. The monoisotopic (exact) mass is 415 g/mol. The van der Waals surface area contributed by atoms with Crippen molar-refractivity contribution in [2.75, 3.05) is 0 Å². The van der Waals surface area contributed by atoms with Crippen LogP contribution in [0.3, 0.4) is 0 Å². The minimum atomic E-state index is -1.09. The van der Waals surface area contributed by atoms with Crippen molar-refractivity contribution in [3.05, 3.63) is 136 Å². The molecule has 0 amide bonds. The highest BCUT2D eigenvalue weighted by Gasteiger charge is 2.45. The van der Waals surface area contributed by atoms with Crippen LogP contribution in [-0.2, 0) is 10.6 Å². The zero-order valence-electron chi connectivity index (χ0n) is 17.0. The lowest BCUT2D eigenvalue weighted by Gasteiger charge is -2.28. The summed E-state index contributed by atoms with van der Waals surface area (Å²) in [6, 6.07) is 33.2. The average molecular weight is 415 g/mol. The molecule has 2 aliphatic rings. The summed E-state index contributed by atoms with van der Waals surface area (Å²) in [6.45, 7) is 0. The lowest BCUT2D eigenvalue weighted by Crippen LogP contribution is -2.36. The fourth-order valence-electron chi connectivity index (χ4n) is 4.33. The number of carbonyl (C=O) groups excluding carboxylic acids is 1. The number of fused-ring (bicyclic) bond motifs is 2. The van der Waals surface area contributed by atoms with Crippen LogP contribution in [0, 0.1) is 0 Å². The van der Waals surface area contributed by atoms with E-state index in [1.165, 1.54) is 0 Å². The van der Waals surface area contributed by atoms with E-state index in [1.54, 1.807) is 0 Å². The van der Waals surface area contributed by atoms with Gasteiger partial charge >= 0.3 is 5.79 Å². The zero-order valence-corrected chi connectivity index (χ0v) is 17.0. The molecule has 32 heavy (non-hydrogen) atoms. The van der Waals surface area contributed by atoms with Gasteiger partial charge in [-0.05, 0) is 23.8 Å². The summed E-state index contributed by atoms with van der Waals surface area (Å²) in [6.07, 6.45) is 0. The molecule has 0 saturated heterocycles. The van der Waals surface area contributed by atoms with Gasteiger partial charge in [0.05, 0.1) is 5.36 Å². The highest BCUT2D eigenvalue weighted by molar-refractivity contribution is 5.88. The predicted octanol–water partition coefficient (Wildman–Crippen LogP) is 3.91. The number of nitrogens with zero attached hydrogens (tertiary/aromatic N) is 1. The van der Waals surface area contributed by atoms with Crippen molar-refractivity contribution in [2.45, 2.75) is 5.79 Å². The Morgan fingerprint density at radius 2 is 1.31 bits per heavy atom. The Bertz CT molecular complexity index is 1480. The van der Waals surface area contributed by atoms with Gasteiger partial charge in [-0.2, -0.15) is 0 Å². The largest absolute Gasteiger partial charge is 0.440 e. The first-order valence-corrected chi connectivity index (χ1v) is 10.4. The second kappa shape index (κ2) is 7.09. The van der Waals surface area contributed by atoms with Gasteiger partial charge in [0.15, 0.2) is 23.1 Å². The molecule has 2 heterocycles. The molecule has 4 aromatic rings. The number of para-hydroxylation sites is 1. The molecule has 0 saturated carbocycles. The van der Waals surface area contributed by atoms with Crippen LogP contribution >= 0.6 is 0 Å². The first-order valence-electron chi connectivity index (χ1n) is 10.4. The number of hydrogen-bond donors (Lipinski definition) is 0. The number of benzene rings is 4. The number of allylic oxidation sites excluding steroid dienone is 1. The van der Waals surface area contributed by atoms with Crippen LogP contribution in [-0.4, -0.2) is 5.94 Å². The van der Waals surface area contributed by atoms with E-state index in [4.69, 9.17) is 9.47 Å². The quantitative estimate of drug-likeness (QED) is 0.477. The molecule has 0 spiro atoms. The first-order chi connectivity index (χ1) is 15.8. The molecule has 0 bridgehead atoms. The Labute approximate surface area is 184 Å². The topological polar surface area (TPSA) is 47.9 Å². The van der Waals surface area contributed by atoms with E-state index in [0.29, 0.717) is 17.2 Å². The van der Waals surface area contributed by atoms with Gasteiger partial charge < -0.3 is 9.47 Å². The van der Waals surface area contributed by atoms with Gasteiger partial charge in [-0.15, -0.1) is 0 Å². The summed E-state index contributed by atoms with van der Waals surface area (Å²) in [5.74, 6) is 2.15. The van der Waals surface area contributed by atoms with Crippen LogP contribution in [0.5, 0.6) is 11.5 Å². The second-order valence-electron chi connectivity index (χ2n) is 7.67. The van der Waals surface area contributed by atoms with Crippen molar-refractivity contribution in [3.8, 4) is 11.5 Å². The molecule has 0 aliphatic carbocycles. The van der Waals surface area contributed by atoms with E-state index >= 15 is 0 Å². The third-order valence-corrected chi connectivity index (χ3v) is 5.79. The van der Waals surface area contributed by atoms with Gasteiger partial charge in [-0.1, -0.05) is 84.9 Å². The minimum absolute atomic E-state index is 0.294. The Hall–Kier alpha value is -4.40. The molecular formula is C28H17NO3. The molecule has 0 atom stereocenters. The summed E-state index contributed by atoms with van der Waals surface area (Å²) in [7, 11) is 0. The Morgan fingerprint density at radius 1 is 0.688 bits per heavy atom. The van der Waals surface area contributed by atoms with Crippen LogP contribution in [0.25, 0.3) is 5.57 Å². The number of rotatable bonds is 3. The van der Waals surface area contributed by atoms with Crippen LogP contribution < -0.4 is 20.0 Å².